The van der Waals surface area contributed by atoms with Crippen LogP contribution < -0.4 is 10.1 Å². The first kappa shape index (κ1) is 23.7. The Morgan fingerprint density at radius 1 is 1.00 bits per heavy atom. The minimum Gasteiger partial charge on any atom is -0.457 e. The van der Waals surface area contributed by atoms with Crippen LogP contribution >= 0.6 is 0 Å². The van der Waals surface area contributed by atoms with Gasteiger partial charge in [0.25, 0.3) is 11.6 Å². The average Bonchev–Trinajstić information content (AvgIpc) is 3.22. The molecule has 0 fully saturated rings. The Morgan fingerprint density at radius 3 is 2.46 bits per heavy atom. The molecular formula is C28H23N5O4. The fraction of sp³-hybridized carbons (Fsp3) is 0.107. The molecule has 0 saturated carbocycles. The number of nitro groups is 1. The number of fused-ring (bicyclic) bond motifs is 1. The van der Waals surface area contributed by atoms with Gasteiger partial charge in [-0.05, 0) is 38.1 Å². The quantitative estimate of drug-likeness (QED) is 0.222. The number of carbonyl (C=O) groups excluding carboxylic acids is 1. The number of benzene rings is 3. The van der Waals surface area contributed by atoms with Crippen LogP contribution in [0.25, 0.3) is 22.2 Å². The zero-order chi connectivity index (χ0) is 26.1. The highest BCUT2D eigenvalue weighted by molar-refractivity contribution is 6.13. The molecule has 0 aliphatic heterocycles. The Bertz CT molecular complexity index is 1660. The Balaban J connectivity index is 1.53. The van der Waals surface area contributed by atoms with Gasteiger partial charge in [-0.15, -0.1) is 0 Å². The molecule has 5 aromatic rings. The summed E-state index contributed by atoms with van der Waals surface area (Å²) in [6.07, 6.45) is 1.85. The molecule has 2 aromatic heterocycles. The van der Waals surface area contributed by atoms with E-state index in [-0.39, 0.29) is 17.1 Å². The highest BCUT2D eigenvalue weighted by Gasteiger charge is 2.18. The van der Waals surface area contributed by atoms with Crippen molar-refractivity contribution in [1.29, 1.82) is 0 Å². The number of nitro benzene ring substituents is 1. The van der Waals surface area contributed by atoms with Crippen LogP contribution in [0.5, 0.6) is 11.5 Å². The molecule has 9 nitrogen and oxygen atoms in total. The molecule has 2 heterocycles. The third kappa shape index (κ3) is 5.01. The number of rotatable bonds is 6. The highest BCUT2D eigenvalue weighted by atomic mass is 16.6. The minimum absolute atomic E-state index is 0.203. The van der Waals surface area contributed by atoms with Crippen molar-refractivity contribution in [2.24, 2.45) is 7.05 Å². The number of nitrogens with one attached hydrogen (secondary N) is 1. The number of non-ortho nitro benzene ring substituents is 1. The fourth-order valence-corrected chi connectivity index (χ4v) is 4.11. The third-order valence-corrected chi connectivity index (χ3v) is 5.87. The van der Waals surface area contributed by atoms with Crippen LogP contribution in [0.3, 0.4) is 0 Å². The Hall–Kier alpha value is -5.05. The van der Waals surface area contributed by atoms with E-state index in [0.717, 1.165) is 16.8 Å². The summed E-state index contributed by atoms with van der Waals surface area (Å²) in [5.74, 6) is 0.336. The van der Waals surface area contributed by atoms with Crippen molar-refractivity contribution >= 4 is 28.2 Å². The van der Waals surface area contributed by atoms with Crippen LogP contribution in [-0.4, -0.2) is 25.6 Å². The maximum atomic E-state index is 13.5. The van der Waals surface area contributed by atoms with E-state index in [2.05, 4.69) is 10.4 Å². The van der Waals surface area contributed by atoms with Gasteiger partial charge in [-0.25, -0.2) is 4.98 Å². The van der Waals surface area contributed by atoms with Crippen molar-refractivity contribution < 1.29 is 14.5 Å². The summed E-state index contributed by atoms with van der Waals surface area (Å²) in [5, 5.41) is 19.4. The monoisotopic (exact) mass is 493 g/mol. The maximum absolute atomic E-state index is 13.5. The predicted octanol–water partition coefficient (Wildman–Crippen LogP) is 6.20. The standard InChI is InChI=1S/C28H23N5O4/c1-17-8-10-21(11-9-17)37-22-13-19(12-20(14-22)33(35)36)29-28(34)24-15-27(25-16-32(3)31-18(25)2)30-26-7-5-4-6-23(24)26/h4-16H,1-3H3,(H,29,34). The molecule has 3 aromatic carbocycles. The smallest absolute Gasteiger partial charge is 0.275 e. The molecule has 1 N–H and O–H groups in total. The average molecular weight is 494 g/mol. The topological polar surface area (TPSA) is 112 Å². The zero-order valence-corrected chi connectivity index (χ0v) is 20.4. The molecule has 0 unspecified atom stereocenters. The van der Waals surface area contributed by atoms with Gasteiger partial charge in [0.2, 0.25) is 0 Å². The number of ether oxygens (including phenoxy) is 1. The molecular weight excluding hydrogens is 470 g/mol. The lowest BCUT2D eigenvalue weighted by molar-refractivity contribution is -0.384. The van der Waals surface area contributed by atoms with E-state index in [1.54, 1.807) is 28.9 Å². The van der Waals surface area contributed by atoms with Crippen molar-refractivity contribution in [1.82, 2.24) is 14.8 Å². The number of pyridine rings is 1. The number of carbonyl (C=O) groups is 1. The number of aryl methyl sites for hydroxylation is 3. The molecule has 0 radical (unpaired) electrons. The number of aromatic nitrogens is 3. The first-order valence-electron chi connectivity index (χ1n) is 11.5. The summed E-state index contributed by atoms with van der Waals surface area (Å²) >= 11 is 0. The molecule has 1 amide bonds. The SMILES string of the molecule is Cc1ccc(Oc2cc(NC(=O)c3cc(-c4cn(C)nc4C)nc4ccccc34)cc([N+](=O)[O-])c2)cc1. The summed E-state index contributed by atoms with van der Waals surface area (Å²) < 4.78 is 7.53. The van der Waals surface area contributed by atoms with Crippen LogP contribution in [-0.2, 0) is 7.05 Å². The number of hydrogen-bond acceptors (Lipinski definition) is 6. The van der Waals surface area contributed by atoms with Crippen LogP contribution in [0.15, 0.2) is 79.0 Å². The van der Waals surface area contributed by atoms with Crippen LogP contribution in [0.1, 0.15) is 21.6 Å². The lowest BCUT2D eigenvalue weighted by Crippen LogP contribution is -2.13. The van der Waals surface area contributed by atoms with E-state index in [1.807, 2.05) is 63.5 Å². The number of anilines is 1. The van der Waals surface area contributed by atoms with Crippen molar-refractivity contribution in [3.63, 3.8) is 0 Å². The molecule has 184 valence electrons. The van der Waals surface area contributed by atoms with Crippen LogP contribution in [0.4, 0.5) is 11.4 Å². The molecule has 0 aliphatic rings. The predicted molar refractivity (Wildman–Crippen MR) is 141 cm³/mol. The van der Waals surface area contributed by atoms with Crippen molar-refractivity contribution in [2.45, 2.75) is 13.8 Å². The molecule has 37 heavy (non-hydrogen) atoms. The van der Waals surface area contributed by atoms with Crippen LogP contribution in [0.2, 0.25) is 0 Å². The van der Waals surface area contributed by atoms with Gasteiger partial charge >= 0.3 is 0 Å². The molecule has 0 saturated heterocycles. The molecule has 0 spiro atoms. The van der Waals surface area contributed by atoms with E-state index >= 15 is 0 Å². The molecule has 5 rings (SSSR count). The Kier molecular flexibility index (Phi) is 6.10. The van der Waals surface area contributed by atoms with Gasteiger partial charge in [0.15, 0.2) is 0 Å². The second-order valence-electron chi connectivity index (χ2n) is 8.72. The van der Waals surface area contributed by atoms with Gasteiger partial charge in [-0.3, -0.25) is 19.6 Å². The summed E-state index contributed by atoms with van der Waals surface area (Å²) in [5.41, 5.74) is 4.33. The second-order valence-corrected chi connectivity index (χ2v) is 8.72. The van der Waals surface area contributed by atoms with Gasteiger partial charge in [-0.2, -0.15) is 5.10 Å². The van der Waals surface area contributed by atoms with E-state index in [0.29, 0.717) is 27.9 Å². The largest absolute Gasteiger partial charge is 0.457 e. The van der Waals surface area contributed by atoms with Gasteiger partial charge in [-0.1, -0.05) is 35.9 Å². The Labute approximate surface area is 212 Å². The van der Waals surface area contributed by atoms with Crippen molar-refractivity contribution in [3.8, 4) is 22.8 Å². The maximum Gasteiger partial charge on any atom is 0.275 e. The third-order valence-electron chi connectivity index (χ3n) is 5.87. The van der Waals surface area contributed by atoms with Gasteiger partial charge < -0.3 is 10.1 Å². The zero-order valence-electron chi connectivity index (χ0n) is 20.4. The summed E-state index contributed by atoms with van der Waals surface area (Å²) in [6.45, 7) is 3.83. The highest BCUT2D eigenvalue weighted by Crippen LogP contribution is 2.31. The lowest BCUT2D eigenvalue weighted by atomic mass is 10.0. The van der Waals surface area contributed by atoms with Gasteiger partial charge in [0.05, 0.1) is 39.1 Å². The fourth-order valence-electron chi connectivity index (χ4n) is 4.11. The van der Waals surface area contributed by atoms with E-state index in [4.69, 9.17) is 9.72 Å². The van der Waals surface area contributed by atoms with E-state index in [9.17, 15) is 14.9 Å². The normalized spacial score (nSPS) is 10.9. The first-order valence-corrected chi connectivity index (χ1v) is 11.5. The minimum atomic E-state index is -0.525. The summed E-state index contributed by atoms with van der Waals surface area (Å²) in [4.78, 5) is 29.3. The van der Waals surface area contributed by atoms with E-state index in [1.165, 1.54) is 12.1 Å². The van der Waals surface area contributed by atoms with Crippen molar-refractivity contribution in [2.75, 3.05) is 5.32 Å². The van der Waals surface area contributed by atoms with Gasteiger partial charge in [0, 0.05) is 36.3 Å². The molecule has 0 bridgehead atoms. The molecule has 0 aliphatic carbocycles. The van der Waals surface area contributed by atoms with Crippen molar-refractivity contribution in [3.05, 3.63) is 106 Å². The Morgan fingerprint density at radius 2 is 1.76 bits per heavy atom. The molecule has 0 atom stereocenters. The number of amides is 1. The second kappa shape index (κ2) is 9.54. The number of nitrogens with zero attached hydrogens (tertiary/aromatic N) is 4. The lowest BCUT2D eigenvalue weighted by Gasteiger charge is -2.12. The molecule has 9 heteroatoms. The van der Waals surface area contributed by atoms with Crippen LogP contribution in [0, 0.1) is 24.0 Å². The summed E-state index contributed by atoms with van der Waals surface area (Å²) in [6, 6.07) is 20.5. The first-order chi connectivity index (χ1) is 17.8. The number of para-hydroxylation sites is 1. The summed E-state index contributed by atoms with van der Waals surface area (Å²) in [7, 11) is 1.82. The van der Waals surface area contributed by atoms with Gasteiger partial charge in [0.1, 0.15) is 11.5 Å². The number of hydrogen-bond donors (Lipinski definition) is 1. The van der Waals surface area contributed by atoms with E-state index < -0.39 is 10.8 Å².